The molecule has 1 N–H and O–H groups in total. The number of carbonyl (C=O) groups excluding carboxylic acids is 2. The number of rotatable bonds is 13. The van der Waals surface area contributed by atoms with Crippen molar-refractivity contribution in [2.45, 2.75) is 37.9 Å². The maximum atomic E-state index is 13.8. The van der Waals surface area contributed by atoms with Crippen LogP contribution in [0.4, 0.5) is 11.4 Å². The van der Waals surface area contributed by atoms with Gasteiger partial charge in [-0.3, -0.25) is 19.6 Å². The Balaban J connectivity index is 0.901. The first kappa shape index (κ1) is 36.6. The summed E-state index contributed by atoms with van der Waals surface area (Å²) in [5.41, 5.74) is 7.39. The summed E-state index contributed by atoms with van der Waals surface area (Å²) in [7, 11) is 6.66. The molecule has 4 aromatic carbocycles. The van der Waals surface area contributed by atoms with Crippen LogP contribution in [0.3, 0.4) is 0 Å². The summed E-state index contributed by atoms with van der Waals surface area (Å²) < 4.78 is 28.9. The zero-order valence-corrected chi connectivity index (χ0v) is 31.8. The first-order valence-corrected chi connectivity index (χ1v) is 18.6. The van der Waals surface area contributed by atoms with Crippen molar-refractivity contribution in [1.29, 1.82) is 0 Å². The summed E-state index contributed by atoms with van der Waals surface area (Å²) in [6.45, 7) is 1.42. The molecule has 2 amide bonds. The zero-order valence-electron chi connectivity index (χ0n) is 31.8. The lowest BCUT2D eigenvalue weighted by Gasteiger charge is -2.19. The molecular formula is C44H43N5O7. The van der Waals surface area contributed by atoms with Gasteiger partial charge in [-0.1, -0.05) is 36.4 Å². The molecule has 56 heavy (non-hydrogen) atoms. The van der Waals surface area contributed by atoms with E-state index in [0.717, 1.165) is 34.6 Å². The fraction of sp³-hybridized carbons (Fsp3) is 0.273. The monoisotopic (exact) mass is 753 g/mol. The van der Waals surface area contributed by atoms with Crippen LogP contribution < -0.4 is 29.0 Å². The molecule has 0 aromatic heterocycles. The topological polar surface area (TPSA) is 124 Å². The second kappa shape index (κ2) is 15.8. The van der Waals surface area contributed by atoms with Crippen molar-refractivity contribution in [2.75, 3.05) is 41.6 Å². The van der Waals surface area contributed by atoms with E-state index in [1.807, 2.05) is 56.1 Å². The molecule has 4 aromatic rings. The maximum absolute atomic E-state index is 13.8. The number of hydrogen-bond acceptors (Lipinski definition) is 10. The highest BCUT2D eigenvalue weighted by Gasteiger charge is 2.35. The quantitative estimate of drug-likeness (QED) is 0.142. The van der Waals surface area contributed by atoms with Gasteiger partial charge in [0.2, 0.25) is 0 Å². The number of ether oxygens (including phenoxy) is 5. The number of nitrogens with zero attached hydrogens (tertiary/aromatic N) is 4. The van der Waals surface area contributed by atoms with E-state index in [1.54, 1.807) is 55.4 Å². The van der Waals surface area contributed by atoms with Crippen molar-refractivity contribution in [3.05, 3.63) is 113 Å². The molecule has 4 aliphatic heterocycles. The Labute approximate surface area is 325 Å². The summed E-state index contributed by atoms with van der Waals surface area (Å²) >= 11 is 0. The third-order valence-corrected chi connectivity index (χ3v) is 10.4. The second-order valence-electron chi connectivity index (χ2n) is 13.9. The van der Waals surface area contributed by atoms with E-state index < -0.39 is 0 Å². The van der Waals surface area contributed by atoms with E-state index in [0.29, 0.717) is 78.0 Å². The molecule has 0 saturated carbocycles. The maximum Gasteiger partial charge on any atom is 0.260 e. The molecule has 12 heteroatoms. The Kier molecular flexibility index (Phi) is 10.3. The van der Waals surface area contributed by atoms with E-state index in [1.165, 1.54) is 5.56 Å². The highest BCUT2D eigenvalue weighted by molar-refractivity contribution is 6.06. The average Bonchev–Trinajstić information content (AvgIpc) is 3.81. The van der Waals surface area contributed by atoms with Gasteiger partial charge in [0.25, 0.3) is 11.8 Å². The van der Waals surface area contributed by atoms with E-state index in [2.05, 4.69) is 29.6 Å². The van der Waals surface area contributed by atoms with Crippen LogP contribution in [0.25, 0.3) is 11.1 Å². The Hall–Kier alpha value is -6.40. The number of fused-ring (bicyclic) bond motifs is 4. The molecule has 2 atom stereocenters. The molecule has 12 nitrogen and oxygen atoms in total. The highest BCUT2D eigenvalue weighted by Crippen LogP contribution is 2.42. The smallest absolute Gasteiger partial charge is 0.260 e. The molecule has 0 bridgehead atoms. The van der Waals surface area contributed by atoms with Crippen molar-refractivity contribution in [3.63, 3.8) is 0 Å². The second-order valence-corrected chi connectivity index (χ2v) is 13.9. The number of amides is 2. The van der Waals surface area contributed by atoms with Crippen LogP contribution in [0.15, 0.2) is 95.2 Å². The molecule has 4 aliphatic rings. The van der Waals surface area contributed by atoms with Gasteiger partial charge in [0, 0.05) is 62.8 Å². The van der Waals surface area contributed by atoms with E-state index in [4.69, 9.17) is 33.7 Å². The fourth-order valence-corrected chi connectivity index (χ4v) is 7.41. The van der Waals surface area contributed by atoms with Gasteiger partial charge < -0.3 is 38.8 Å². The number of aliphatic imine (C=N–C) groups is 2. The van der Waals surface area contributed by atoms with Gasteiger partial charge in [-0.05, 0) is 59.1 Å². The molecule has 0 saturated heterocycles. The van der Waals surface area contributed by atoms with Crippen molar-refractivity contribution in [3.8, 4) is 28.7 Å². The van der Waals surface area contributed by atoms with Gasteiger partial charge in [0.05, 0.1) is 69.1 Å². The summed E-state index contributed by atoms with van der Waals surface area (Å²) in [5.74, 6) is 2.32. The van der Waals surface area contributed by atoms with E-state index in [-0.39, 0.29) is 23.9 Å². The van der Waals surface area contributed by atoms with Crippen LogP contribution in [0.5, 0.6) is 28.7 Å². The third kappa shape index (κ3) is 7.11. The normalized spacial score (nSPS) is 17.9. The Morgan fingerprint density at radius 2 is 1.12 bits per heavy atom. The molecule has 0 aliphatic carbocycles. The van der Waals surface area contributed by atoms with Gasteiger partial charge in [0.1, 0.15) is 5.75 Å². The minimum absolute atomic E-state index is 0.140. The fourth-order valence-electron chi connectivity index (χ4n) is 7.41. The van der Waals surface area contributed by atoms with Crippen molar-refractivity contribution < 1.29 is 33.3 Å². The minimum Gasteiger partial charge on any atom is -0.497 e. The molecule has 0 radical (unpaired) electrons. The van der Waals surface area contributed by atoms with Gasteiger partial charge in [-0.2, -0.15) is 0 Å². The molecule has 0 spiro atoms. The molecule has 286 valence electrons. The van der Waals surface area contributed by atoms with E-state index in [9.17, 15) is 9.59 Å². The van der Waals surface area contributed by atoms with Gasteiger partial charge in [0.15, 0.2) is 23.0 Å². The standard InChI is InChI=1S/C44H43N5O7/c1-45-22-27-6-8-28(9-7-27)30-16-32-23-46-37-20-41(39(53-3)18-35(37)43(50)48(32)25-30)55-14-5-15-56-42-21-38-36(19-40(42)54-4)44(51)49-26-31(17-33(49)24-47-38)29-10-12-34(52-2)13-11-29/h6-13,18-21,23-26,32-33,45H,5,14-17,22H2,1-4H3. The van der Waals surface area contributed by atoms with Crippen molar-refractivity contribution in [1.82, 2.24) is 15.1 Å². The first-order chi connectivity index (χ1) is 27.4. The molecule has 8 rings (SSSR count). The lowest BCUT2D eigenvalue weighted by Crippen LogP contribution is -2.32. The molecular weight excluding hydrogens is 711 g/mol. The lowest BCUT2D eigenvalue weighted by atomic mass is 10.0. The predicted octanol–water partition coefficient (Wildman–Crippen LogP) is 7.22. The highest BCUT2D eigenvalue weighted by atomic mass is 16.5. The SMILES string of the molecule is CNCc1ccc(C2=CN3C(=O)c4cc(OC)c(OCCCOc5cc6c(cc5OC)C(=O)N5C=C(c7ccc(OC)cc7)CC5C=N6)cc4N=CC3C2)cc1. The first-order valence-electron chi connectivity index (χ1n) is 18.6. The Morgan fingerprint density at radius 3 is 1.57 bits per heavy atom. The van der Waals surface area contributed by atoms with Crippen LogP contribution in [-0.2, 0) is 6.54 Å². The number of methoxy groups -OCH3 is 3. The molecule has 2 unspecified atom stereocenters. The van der Waals surface area contributed by atoms with Crippen LogP contribution in [0.1, 0.15) is 56.7 Å². The Bertz CT molecular complexity index is 2280. The zero-order chi connectivity index (χ0) is 38.8. The largest absolute Gasteiger partial charge is 0.497 e. The Morgan fingerprint density at radius 1 is 0.643 bits per heavy atom. The third-order valence-electron chi connectivity index (χ3n) is 10.4. The van der Waals surface area contributed by atoms with Crippen LogP contribution in [0.2, 0.25) is 0 Å². The number of carbonyl (C=O) groups is 2. The minimum atomic E-state index is -0.202. The van der Waals surface area contributed by atoms with Gasteiger partial charge in [-0.15, -0.1) is 0 Å². The van der Waals surface area contributed by atoms with Crippen LogP contribution in [-0.4, -0.2) is 87.7 Å². The van der Waals surface area contributed by atoms with Gasteiger partial charge >= 0.3 is 0 Å². The number of benzene rings is 4. The number of nitrogens with one attached hydrogen (secondary N) is 1. The van der Waals surface area contributed by atoms with Crippen molar-refractivity contribution >= 4 is 46.8 Å². The summed E-state index contributed by atoms with van der Waals surface area (Å²) in [6, 6.07) is 22.7. The lowest BCUT2D eigenvalue weighted by molar-refractivity contribution is 0.0809. The van der Waals surface area contributed by atoms with Crippen LogP contribution >= 0.6 is 0 Å². The molecule has 4 heterocycles. The number of hydrogen-bond donors (Lipinski definition) is 1. The predicted molar refractivity (Wildman–Crippen MR) is 215 cm³/mol. The van der Waals surface area contributed by atoms with Gasteiger partial charge in [-0.25, -0.2) is 0 Å². The summed E-state index contributed by atoms with van der Waals surface area (Å²) in [4.78, 5) is 40.5. The molecule has 0 fully saturated rings. The van der Waals surface area contributed by atoms with E-state index >= 15 is 0 Å². The van der Waals surface area contributed by atoms with Crippen molar-refractivity contribution in [2.24, 2.45) is 9.98 Å². The average molecular weight is 754 g/mol. The van der Waals surface area contributed by atoms with Crippen LogP contribution in [0, 0.1) is 0 Å². The summed E-state index contributed by atoms with van der Waals surface area (Å²) in [5, 5.41) is 3.17. The summed E-state index contributed by atoms with van der Waals surface area (Å²) in [6.07, 6.45) is 9.33.